The Hall–Kier alpha value is -1.49. The Morgan fingerprint density at radius 2 is 2.06 bits per heavy atom. The van der Waals surface area contributed by atoms with Gasteiger partial charge in [-0.3, -0.25) is 9.59 Å². The zero-order chi connectivity index (χ0) is 12.7. The van der Waals surface area contributed by atoms with Crippen LogP contribution >= 0.6 is 11.8 Å². The van der Waals surface area contributed by atoms with Crippen molar-refractivity contribution in [3.63, 3.8) is 0 Å². The molecule has 1 aromatic carbocycles. The van der Waals surface area contributed by atoms with Crippen LogP contribution in [0.5, 0.6) is 0 Å². The summed E-state index contributed by atoms with van der Waals surface area (Å²) in [5, 5.41) is 11.0. The average Bonchev–Trinajstić information content (AvgIpc) is 2.27. The van der Waals surface area contributed by atoms with E-state index in [0.29, 0.717) is 5.75 Å². The molecule has 0 heterocycles. The van der Waals surface area contributed by atoms with Crippen molar-refractivity contribution in [1.82, 2.24) is 5.32 Å². The number of thioether (sulfide) groups is 1. The smallest absolute Gasteiger partial charge is 0.305 e. The van der Waals surface area contributed by atoms with E-state index in [2.05, 4.69) is 5.32 Å². The number of carbonyl (C=O) groups excluding carboxylic acids is 1. The molecule has 0 saturated heterocycles. The Bertz CT molecular complexity index is 406. The number of carboxylic acid groups (broad SMARTS) is 1. The number of rotatable bonds is 6. The van der Waals surface area contributed by atoms with Crippen LogP contribution < -0.4 is 5.32 Å². The number of hydrogen-bond acceptors (Lipinski definition) is 3. The average molecular weight is 253 g/mol. The highest BCUT2D eigenvalue weighted by atomic mass is 32.2. The maximum Gasteiger partial charge on any atom is 0.305 e. The Morgan fingerprint density at radius 1 is 1.35 bits per heavy atom. The van der Waals surface area contributed by atoms with Gasteiger partial charge < -0.3 is 10.4 Å². The van der Waals surface area contributed by atoms with E-state index < -0.39 is 5.97 Å². The second-order valence-corrected chi connectivity index (χ2v) is 4.57. The summed E-state index contributed by atoms with van der Waals surface area (Å²) in [5.74, 6) is -0.735. The van der Waals surface area contributed by atoms with Crippen LogP contribution in [-0.2, 0) is 9.59 Å². The van der Waals surface area contributed by atoms with E-state index >= 15 is 0 Å². The van der Waals surface area contributed by atoms with Crippen LogP contribution in [-0.4, -0.2) is 29.3 Å². The van der Waals surface area contributed by atoms with Crippen molar-refractivity contribution in [3.05, 3.63) is 29.8 Å². The van der Waals surface area contributed by atoms with Gasteiger partial charge in [0.05, 0.1) is 12.2 Å². The third-order valence-electron chi connectivity index (χ3n) is 2.11. The topological polar surface area (TPSA) is 66.4 Å². The quantitative estimate of drug-likeness (QED) is 0.757. The SMILES string of the molecule is Cc1ccccc1SCC(=O)NCCC(=O)O. The van der Waals surface area contributed by atoms with Gasteiger partial charge in [-0.25, -0.2) is 0 Å². The molecule has 0 aromatic heterocycles. The number of carbonyl (C=O) groups is 2. The van der Waals surface area contributed by atoms with Gasteiger partial charge in [0.1, 0.15) is 0 Å². The van der Waals surface area contributed by atoms with Gasteiger partial charge in [0.2, 0.25) is 5.91 Å². The maximum absolute atomic E-state index is 11.4. The zero-order valence-corrected chi connectivity index (χ0v) is 10.4. The maximum atomic E-state index is 11.4. The number of hydrogen-bond donors (Lipinski definition) is 2. The lowest BCUT2D eigenvalue weighted by molar-refractivity contribution is -0.136. The van der Waals surface area contributed by atoms with Crippen LogP contribution in [0.4, 0.5) is 0 Å². The third kappa shape index (κ3) is 5.40. The number of carboxylic acids is 1. The number of benzene rings is 1. The molecule has 0 fully saturated rings. The molecule has 2 N–H and O–H groups in total. The normalized spacial score (nSPS) is 9.94. The van der Waals surface area contributed by atoms with Gasteiger partial charge in [0, 0.05) is 11.4 Å². The molecule has 1 aromatic rings. The molecule has 0 aliphatic carbocycles. The summed E-state index contributed by atoms with van der Waals surface area (Å²) in [4.78, 5) is 22.7. The van der Waals surface area contributed by atoms with E-state index in [9.17, 15) is 9.59 Å². The van der Waals surface area contributed by atoms with Crippen LogP contribution in [0.25, 0.3) is 0 Å². The molecule has 5 heteroatoms. The third-order valence-corrected chi connectivity index (χ3v) is 3.29. The van der Waals surface area contributed by atoms with Crippen LogP contribution in [0.15, 0.2) is 29.2 Å². The molecule has 0 unspecified atom stereocenters. The van der Waals surface area contributed by atoms with Gasteiger partial charge >= 0.3 is 5.97 Å². The number of aryl methyl sites for hydroxylation is 1. The largest absolute Gasteiger partial charge is 0.481 e. The molecule has 0 aliphatic rings. The first-order chi connectivity index (χ1) is 8.09. The molecule has 1 rings (SSSR count). The van der Waals surface area contributed by atoms with Crippen LogP contribution in [0.1, 0.15) is 12.0 Å². The second-order valence-electron chi connectivity index (χ2n) is 3.55. The van der Waals surface area contributed by atoms with Crippen molar-refractivity contribution in [2.75, 3.05) is 12.3 Å². The minimum Gasteiger partial charge on any atom is -0.481 e. The number of aliphatic carboxylic acids is 1. The Labute approximate surface area is 104 Å². The predicted molar refractivity (Wildman–Crippen MR) is 67.2 cm³/mol. The van der Waals surface area contributed by atoms with Gasteiger partial charge in [-0.2, -0.15) is 0 Å². The lowest BCUT2D eigenvalue weighted by Crippen LogP contribution is -2.27. The van der Waals surface area contributed by atoms with E-state index in [1.807, 2.05) is 31.2 Å². The summed E-state index contributed by atoms with van der Waals surface area (Å²) >= 11 is 1.45. The van der Waals surface area contributed by atoms with Gasteiger partial charge in [-0.05, 0) is 18.6 Å². The van der Waals surface area contributed by atoms with E-state index in [0.717, 1.165) is 10.5 Å². The van der Waals surface area contributed by atoms with Gasteiger partial charge in [-0.1, -0.05) is 18.2 Å². The van der Waals surface area contributed by atoms with Crippen molar-refractivity contribution in [2.24, 2.45) is 0 Å². The summed E-state index contributed by atoms with van der Waals surface area (Å²) in [6, 6.07) is 7.83. The van der Waals surface area contributed by atoms with Crippen molar-refractivity contribution in [1.29, 1.82) is 0 Å². The molecule has 1 amide bonds. The first kappa shape index (κ1) is 13.6. The van der Waals surface area contributed by atoms with Crippen molar-refractivity contribution in [2.45, 2.75) is 18.2 Å². The first-order valence-electron chi connectivity index (χ1n) is 5.26. The second kappa shape index (κ2) is 6.96. The predicted octanol–water partition coefficient (Wildman–Crippen LogP) is 1.68. The molecule has 0 atom stereocenters. The fraction of sp³-hybridized carbons (Fsp3) is 0.333. The van der Waals surface area contributed by atoms with Gasteiger partial charge in [0.15, 0.2) is 0 Å². The van der Waals surface area contributed by atoms with Crippen LogP contribution in [0.3, 0.4) is 0 Å². The summed E-state index contributed by atoms with van der Waals surface area (Å²) in [5.41, 5.74) is 1.14. The number of nitrogens with one attached hydrogen (secondary N) is 1. The summed E-state index contributed by atoms with van der Waals surface area (Å²) < 4.78 is 0. The van der Waals surface area contributed by atoms with Gasteiger partial charge in [-0.15, -0.1) is 11.8 Å². The van der Waals surface area contributed by atoms with E-state index in [1.54, 1.807) is 0 Å². The summed E-state index contributed by atoms with van der Waals surface area (Å²) in [7, 11) is 0. The first-order valence-corrected chi connectivity index (χ1v) is 6.25. The standard InChI is InChI=1S/C12H15NO3S/c1-9-4-2-3-5-10(9)17-8-11(14)13-7-6-12(15)16/h2-5H,6-8H2,1H3,(H,13,14)(H,15,16). The fourth-order valence-corrected chi connectivity index (χ4v) is 2.08. The molecule has 0 saturated carbocycles. The minimum atomic E-state index is -0.906. The monoisotopic (exact) mass is 253 g/mol. The van der Waals surface area contributed by atoms with E-state index in [-0.39, 0.29) is 18.9 Å². The Morgan fingerprint density at radius 3 is 2.71 bits per heavy atom. The fourth-order valence-electron chi connectivity index (χ4n) is 1.22. The van der Waals surface area contributed by atoms with Crippen molar-refractivity contribution in [3.8, 4) is 0 Å². The summed E-state index contributed by atoms with van der Waals surface area (Å²) in [6.45, 7) is 2.17. The zero-order valence-electron chi connectivity index (χ0n) is 9.60. The molecule has 0 bridgehead atoms. The lowest BCUT2D eigenvalue weighted by atomic mass is 10.2. The summed E-state index contributed by atoms with van der Waals surface area (Å²) in [6.07, 6.45) is -0.0409. The Kier molecular flexibility index (Phi) is 5.56. The van der Waals surface area contributed by atoms with Gasteiger partial charge in [0.25, 0.3) is 0 Å². The molecule has 0 radical (unpaired) electrons. The van der Waals surface area contributed by atoms with E-state index in [1.165, 1.54) is 11.8 Å². The molecule has 0 aliphatic heterocycles. The molecular formula is C12H15NO3S. The number of amides is 1. The van der Waals surface area contributed by atoms with E-state index in [4.69, 9.17) is 5.11 Å². The molecule has 92 valence electrons. The highest BCUT2D eigenvalue weighted by Crippen LogP contribution is 2.21. The molecule has 4 nitrogen and oxygen atoms in total. The highest BCUT2D eigenvalue weighted by Gasteiger charge is 2.04. The van der Waals surface area contributed by atoms with Crippen LogP contribution in [0.2, 0.25) is 0 Å². The molecule has 17 heavy (non-hydrogen) atoms. The highest BCUT2D eigenvalue weighted by molar-refractivity contribution is 8.00. The van der Waals surface area contributed by atoms with Crippen LogP contribution in [0, 0.1) is 6.92 Å². The lowest BCUT2D eigenvalue weighted by Gasteiger charge is -2.05. The van der Waals surface area contributed by atoms with Crippen molar-refractivity contribution >= 4 is 23.6 Å². The van der Waals surface area contributed by atoms with Crippen molar-refractivity contribution < 1.29 is 14.7 Å². The Balaban J connectivity index is 2.29. The minimum absolute atomic E-state index is 0.0409. The molecular weight excluding hydrogens is 238 g/mol. The molecule has 0 spiro atoms.